The molecule has 0 spiro atoms. The van der Waals surface area contributed by atoms with Crippen molar-refractivity contribution >= 4 is 23.0 Å². The zero-order valence-electron chi connectivity index (χ0n) is 18.4. The van der Waals surface area contributed by atoms with Gasteiger partial charge in [0.1, 0.15) is 16.9 Å². The van der Waals surface area contributed by atoms with Crippen molar-refractivity contribution in [2.24, 2.45) is 11.8 Å². The van der Waals surface area contributed by atoms with Crippen molar-refractivity contribution in [1.82, 2.24) is 9.80 Å². The molecule has 3 heterocycles. The molecule has 1 aromatic heterocycles. The molecule has 4 rings (SSSR count). The molecule has 0 bridgehead atoms. The van der Waals surface area contributed by atoms with Crippen molar-refractivity contribution in [2.75, 3.05) is 33.3 Å². The second-order valence-electron chi connectivity index (χ2n) is 9.36. The van der Waals surface area contributed by atoms with Gasteiger partial charge < -0.3 is 23.7 Å². The van der Waals surface area contributed by atoms with E-state index in [4.69, 9.17) is 13.9 Å². The third-order valence-electron chi connectivity index (χ3n) is 6.08. The van der Waals surface area contributed by atoms with Crippen LogP contribution in [0.3, 0.4) is 0 Å². The maximum Gasteiger partial charge on any atom is 0.410 e. The van der Waals surface area contributed by atoms with E-state index in [2.05, 4.69) is 0 Å². The highest BCUT2D eigenvalue weighted by molar-refractivity contribution is 5.99. The molecule has 162 valence electrons. The molecule has 0 radical (unpaired) electrons. The van der Waals surface area contributed by atoms with Crippen LogP contribution >= 0.6 is 0 Å². The van der Waals surface area contributed by atoms with Gasteiger partial charge in [-0.2, -0.15) is 0 Å². The van der Waals surface area contributed by atoms with Gasteiger partial charge in [-0.3, -0.25) is 4.79 Å². The number of nitrogens with zero attached hydrogens (tertiary/aromatic N) is 2. The fraction of sp³-hybridized carbons (Fsp3) is 0.565. The lowest BCUT2D eigenvalue weighted by Crippen LogP contribution is -2.43. The van der Waals surface area contributed by atoms with E-state index in [-0.39, 0.29) is 17.9 Å². The van der Waals surface area contributed by atoms with E-state index in [1.54, 1.807) is 12.0 Å². The molecule has 1 aromatic carbocycles. The second-order valence-corrected chi connectivity index (χ2v) is 9.36. The molecule has 0 aliphatic carbocycles. The number of hydrogen-bond acceptors (Lipinski definition) is 5. The first-order chi connectivity index (χ1) is 14.2. The number of likely N-dealkylation sites (tertiary alicyclic amines) is 2. The third kappa shape index (κ3) is 3.85. The Kier molecular flexibility index (Phi) is 5.16. The summed E-state index contributed by atoms with van der Waals surface area (Å²) >= 11 is 0. The van der Waals surface area contributed by atoms with Gasteiger partial charge in [-0.15, -0.1) is 0 Å². The van der Waals surface area contributed by atoms with Gasteiger partial charge in [0.05, 0.1) is 7.11 Å². The molecule has 2 aliphatic rings. The van der Waals surface area contributed by atoms with Crippen molar-refractivity contribution < 1.29 is 23.5 Å². The van der Waals surface area contributed by atoms with Gasteiger partial charge >= 0.3 is 6.09 Å². The minimum Gasteiger partial charge on any atom is -0.497 e. The van der Waals surface area contributed by atoms with Crippen LogP contribution in [0.4, 0.5) is 4.79 Å². The van der Waals surface area contributed by atoms with E-state index in [1.165, 1.54) is 0 Å². The number of ether oxygens (including phenoxy) is 2. The first-order valence-corrected chi connectivity index (χ1v) is 10.5. The number of fused-ring (bicyclic) bond motifs is 2. The molecule has 2 atom stereocenters. The van der Waals surface area contributed by atoms with E-state index in [0.717, 1.165) is 23.1 Å². The van der Waals surface area contributed by atoms with Crippen LogP contribution in [-0.4, -0.2) is 60.7 Å². The van der Waals surface area contributed by atoms with Crippen molar-refractivity contribution in [3.05, 3.63) is 29.5 Å². The molecule has 7 nitrogen and oxygen atoms in total. The topological polar surface area (TPSA) is 72.2 Å². The molecule has 2 aliphatic heterocycles. The van der Waals surface area contributed by atoms with Crippen molar-refractivity contribution in [3.8, 4) is 5.75 Å². The Labute approximate surface area is 176 Å². The van der Waals surface area contributed by atoms with E-state index >= 15 is 0 Å². The van der Waals surface area contributed by atoms with Crippen LogP contribution in [0.15, 0.2) is 22.6 Å². The number of piperidine rings is 1. The third-order valence-corrected chi connectivity index (χ3v) is 6.08. The normalized spacial score (nSPS) is 21.6. The summed E-state index contributed by atoms with van der Waals surface area (Å²) in [5.41, 5.74) is 1.01. The lowest BCUT2D eigenvalue weighted by Gasteiger charge is -2.33. The van der Waals surface area contributed by atoms with E-state index in [1.807, 2.05) is 50.8 Å². The Balaban J connectivity index is 1.47. The first-order valence-electron chi connectivity index (χ1n) is 10.5. The van der Waals surface area contributed by atoms with Crippen molar-refractivity contribution in [3.63, 3.8) is 0 Å². The number of carbonyl (C=O) groups is 2. The minimum atomic E-state index is -0.506. The molecular formula is C23H30N2O5. The van der Waals surface area contributed by atoms with Gasteiger partial charge in [0.2, 0.25) is 0 Å². The average Bonchev–Trinajstić information content (AvgIpc) is 3.26. The number of hydrogen-bond donors (Lipinski definition) is 0. The van der Waals surface area contributed by atoms with Crippen LogP contribution < -0.4 is 4.74 Å². The summed E-state index contributed by atoms with van der Waals surface area (Å²) in [4.78, 5) is 29.3. The van der Waals surface area contributed by atoms with Gasteiger partial charge in [-0.1, -0.05) is 0 Å². The summed E-state index contributed by atoms with van der Waals surface area (Å²) < 4.78 is 16.7. The van der Waals surface area contributed by atoms with Crippen molar-refractivity contribution in [1.29, 1.82) is 0 Å². The lowest BCUT2D eigenvalue weighted by molar-refractivity contribution is 0.0284. The number of aryl methyl sites for hydroxylation is 1. The molecular weight excluding hydrogens is 384 g/mol. The van der Waals surface area contributed by atoms with E-state index in [9.17, 15) is 9.59 Å². The molecule has 0 unspecified atom stereocenters. The quantitative estimate of drug-likeness (QED) is 0.740. The number of benzene rings is 1. The number of amides is 2. The van der Waals surface area contributed by atoms with Gasteiger partial charge in [0, 0.05) is 37.1 Å². The molecule has 2 saturated heterocycles. The Morgan fingerprint density at radius 2 is 1.80 bits per heavy atom. The fourth-order valence-electron chi connectivity index (χ4n) is 4.50. The molecule has 30 heavy (non-hydrogen) atoms. The zero-order valence-corrected chi connectivity index (χ0v) is 18.4. The standard InChI is InChI=1S/C23H30N2O5/c1-14-18-10-17(28-5)6-7-19(18)29-20(14)21(26)24-9-8-15-11-25(13-16(15)12-24)22(27)30-23(2,3)4/h6-7,10,15-16H,8-9,11-13H2,1-5H3/t15-,16+/m0/s1. The Bertz CT molecular complexity index is 974. The Hall–Kier alpha value is -2.70. The second kappa shape index (κ2) is 7.52. The van der Waals surface area contributed by atoms with Crippen LogP contribution in [0.25, 0.3) is 11.0 Å². The minimum absolute atomic E-state index is 0.0863. The molecule has 0 N–H and O–H groups in total. The Morgan fingerprint density at radius 3 is 2.50 bits per heavy atom. The SMILES string of the molecule is COc1ccc2oc(C(=O)N3CC[C@H]4CN(C(=O)OC(C)(C)C)C[C@H]4C3)c(C)c2c1. The largest absolute Gasteiger partial charge is 0.497 e. The highest BCUT2D eigenvalue weighted by Gasteiger charge is 2.41. The summed E-state index contributed by atoms with van der Waals surface area (Å²) in [7, 11) is 1.62. The van der Waals surface area contributed by atoms with E-state index < -0.39 is 5.60 Å². The number of methoxy groups -OCH3 is 1. The fourth-order valence-corrected chi connectivity index (χ4v) is 4.50. The summed E-state index contributed by atoms with van der Waals surface area (Å²) in [6.45, 7) is 10.2. The number of carbonyl (C=O) groups excluding carboxylic acids is 2. The van der Waals surface area contributed by atoms with Gasteiger partial charge in [-0.25, -0.2) is 4.79 Å². The number of rotatable bonds is 2. The predicted octanol–water partition coefficient (Wildman–Crippen LogP) is 4.08. The van der Waals surface area contributed by atoms with Crippen LogP contribution in [0.1, 0.15) is 43.3 Å². The monoisotopic (exact) mass is 414 g/mol. The summed E-state index contributed by atoms with van der Waals surface area (Å²) in [5, 5.41) is 0.893. The number of furan rings is 1. The average molecular weight is 415 g/mol. The van der Waals surface area contributed by atoms with Crippen LogP contribution in [0, 0.1) is 18.8 Å². The summed E-state index contributed by atoms with van der Waals surface area (Å²) in [6.07, 6.45) is 0.611. The smallest absolute Gasteiger partial charge is 0.410 e. The van der Waals surface area contributed by atoms with Gasteiger partial charge in [0.25, 0.3) is 5.91 Å². The van der Waals surface area contributed by atoms with Crippen molar-refractivity contribution in [2.45, 2.75) is 39.7 Å². The molecule has 2 fully saturated rings. The lowest BCUT2D eigenvalue weighted by atomic mass is 9.88. The molecule has 0 saturated carbocycles. The molecule has 2 amide bonds. The zero-order chi connectivity index (χ0) is 21.6. The molecule has 2 aromatic rings. The highest BCUT2D eigenvalue weighted by Crippen LogP contribution is 2.34. The maximum absolute atomic E-state index is 13.2. The first kappa shape index (κ1) is 20.6. The summed E-state index contributed by atoms with van der Waals surface area (Å²) in [5.74, 6) is 1.71. The maximum atomic E-state index is 13.2. The van der Waals surface area contributed by atoms with Gasteiger partial charge in [0.15, 0.2) is 5.76 Å². The van der Waals surface area contributed by atoms with E-state index in [0.29, 0.717) is 43.4 Å². The van der Waals surface area contributed by atoms with Crippen LogP contribution in [0.5, 0.6) is 5.75 Å². The highest BCUT2D eigenvalue weighted by atomic mass is 16.6. The predicted molar refractivity (Wildman–Crippen MR) is 113 cm³/mol. The summed E-state index contributed by atoms with van der Waals surface area (Å²) in [6, 6.07) is 5.56. The molecule has 7 heteroatoms. The van der Waals surface area contributed by atoms with Crippen LogP contribution in [0.2, 0.25) is 0 Å². The Morgan fingerprint density at radius 1 is 1.10 bits per heavy atom. The van der Waals surface area contributed by atoms with Gasteiger partial charge in [-0.05, 0) is 64.2 Å². The van der Waals surface area contributed by atoms with Crippen LogP contribution in [-0.2, 0) is 4.74 Å².